The molecule has 0 radical (unpaired) electrons. The largest absolute Gasteiger partial charge is 0.292 e. The van der Waals surface area contributed by atoms with Crippen LogP contribution in [0.3, 0.4) is 0 Å². The van der Waals surface area contributed by atoms with Gasteiger partial charge in [-0.15, -0.1) is 23.2 Å². The molecule has 14 heavy (non-hydrogen) atoms. The van der Waals surface area contributed by atoms with Crippen LogP contribution in [0.25, 0.3) is 0 Å². The van der Waals surface area contributed by atoms with Crippen molar-refractivity contribution in [3.63, 3.8) is 0 Å². The van der Waals surface area contributed by atoms with E-state index in [-0.39, 0.29) is 5.78 Å². The predicted octanol–water partition coefficient (Wildman–Crippen LogP) is 3.89. The number of ketones is 1. The second kappa shape index (κ2) is 5.01. The van der Waals surface area contributed by atoms with Crippen molar-refractivity contribution in [3.8, 4) is 0 Å². The molecule has 76 valence electrons. The fraction of sp³-hybridized carbons (Fsp3) is 0.300. The Hall–Kier alpha value is -0.240. The maximum atomic E-state index is 11.5. The average Bonchev–Trinajstić information content (AvgIpc) is 2.16. The van der Waals surface area contributed by atoms with Gasteiger partial charge in [0, 0.05) is 11.4 Å². The number of hydrogen-bond acceptors (Lipinski definition) is 1. The van der Waals surface area contributed by atoms with Crippen LogP contribution in [-0.2, 0) is 5.88 Å². The highest BCUT2D eigenvalue weighted by Crippen LogP contribution is 2.21. The lowest BCUT2D eigenvalue weighted by Gasteiger charge is -2.06. The number of alkyl halides is 2. The summed E-state index contributed by atoms with van der Waals surface area (Å²) in [5.74, 6) is 0.211. The summed E-state index contributed by atoms with van der Waals surface area (Å²) in [5, 5.41) is -0.157. The third-order valence-electron chi connectivity index (χ3n) is 1.81. The molecule has 0 aliphatic rings. The summed E-state index contributed by atoms with van der Waals surface area (Å²) >= 11 is 17.2. The van der Waals surface area contributed by atoms with E-state index in [2.05, 4.69) is 0 Å². The maximum Gasteiger partial charge on any atom is 0.181 e. The van der Waals surface area contributed by atoms with Crippen LogP contribution in [0.2, 0.25) is 5.02 Å². The summed E-state index contributed by atoms with van der Waals surface area (Å²) in [6.45, 7) is 1.62. The molecule has 0 aliphatic heterocycles. The van der Waals surface area contributed by atoms with E-state index in [1.54, 1.807) is 25.1 Å². The Labute approximate surface area is 98.0 Å². The van der Waals surface area contributed by atoms with E-state index in [1.165, 1.54) is 0 Å². The van der Waals surface area contributed by atoms with Crippen LogP contribution in [0.4, 0.5) is 0 Å². The lowest BCUT2D eigenvalue weighted by Crippen LogP contribution is -2.11. The zero-order chi connectivity index (χ0) is 10.7. The van der Waals surface area contributed by atoms with E-state index >= 15 is 0 Å². The van der Waals surface area contributed by atoms with E-state index in [0.717, 1.165) is 5.56 Å². The van der Waals surface area contributed by atoms with Crippen molar-refractivity contribution in [2.24, 2.45) is 0 Å². The van der Waals surface area contributed by atoms with Gasteiger partial charge in [-0.25, -0.2) is 0 Å². The molecule has 0 bridgehead atoms. The first-order valence-electron chi connectivity index (χ1n) is 4.09. The fourth-order valence-electron chi connectivity index (χ4n) is 1.06. The molecule has 0 fully saturated rings. The summed E-state index contributed by atoms with van der Waals surface area (Å²) < 4.78 is 0. The minimum absolute atomic E-state index is 0.169. The molecule has 1 rings (SSSR count). The molecule has 1 atom stereocenters. The van der Waals surface area contributed by atoms with Gasteiger partial charge in [-0.1, -0.05) is 17.7 Å². The Bertz CT molecular complexity index is 347. The summed E-state index contributed by atoms with van der Waals surface area (Å²) in [6.07, 6.45) is 0. The van der Waals surface area contributed by atoms with E-state index in [1.807, 2.05) is 0 Å². The molecule has 1 nitrogen and oxygen atoms in total. The Balaban J connectivity index is 3.06. The SMILES string of the molecule is CC(Cl)C(=O)c1ccc(CCl)cc1Cl. The van der Waals surface area contributed by atoms with Gasteiger partial charge in [0.05, 0.1) is 10.4 Å². The third kappa shape index (κ3) is 2.63. The van der Waals surface area contributed by atoms with Crippen LogP contribution < -0.4 is 0 Å². The van der Waals surface area contributed by atoms with E-state index in [0.29, 0.717) is 16.5 Å². The number of carbonyl (C=O) groups is 1. The van der Waals surface area contributed by atoms with Gasteiger partial charge in [0.1, 0.15) is 0 Å². The molecule has 0 amide bonds. The first kappa shape index (κ1) is 11.8. The number of hydrogen-bond donors (Lipinski definition) is 0. The van der Waals surface area contributed by atoms with Gasteiger partial charge in [0.15, 0.2) is 5.78 Å². The maximum absolute atomic E-state index is 11.5. The molecule has 1 unspecified atom stereocenters. The van der Waals surface area contributed by atoms with Crippen molar-refractivity contribution in [3.05, 3.63) is 34.3 Å². The Morgan fingerprint density at radius 1 is 1.50 bits per heavy atom. The molecule has 0 aliphatic carbocycles. The lowest BCUT2D eigenvalue weighted by molar-refractivity contribution is 0.0992. The molecule has 1 aromatic rings. The van der Waals surface area contributed by atoms with E-state index in [9.17, 15) is 4.79 Å². The van der Waals surface area contributed by atoms with Gasteiger partial charge in [0.25, 0.3) is 0 Å². The monoisotopic (exact) mass is 250 g/mol. The number of benzene rings is 1. The molecule has 4 heteroatoms. The van der Waals surface area contributed by atoms with Gasteiger partial charge < -0.3 is 0 Å². The van der Waals surface area contributed by atoms with E-state index < -0.39 is 5.38 Å². The molecule has 0 saturated heterocycles. The summed E-state index contributed by atoms with van der Waals surface area (Å²) in [5.41, 5.74) is 1.33. The number of halogens is 3. The zero-order valence-corrected chi connectivity index (χ0v) is 9.83. The van der Waals surface area contributed by atoms with Gasteiger partial charge in [-0.3, -0.25) is 4.79 Å². The average molecular weight is 252 g/mol. The van der Waals surface area contributed by atoms with Crippen LogP contribution in [0.15, 0.2) is 18.2 Å². The number of carbonyl (C=O) groups excluding carboxylic acids is 1. The zero-order valence-electron chi connectivity index (χ0n) is 7.56. The van der Waals surface area contributed by atoms with Crippen molar-refractivity contribution in [2.75, 3.05) is 0 Å². The number of Topliss-reactive ketones (excluding diaryl/α,β-unsaturated/α-hetero) is 1. The van der Waals surface area contributed by atoms with Crippen LogP contribution >= 0.6 is 34.8 Å². The van der Waals surface area contributed by atoms with Gasteiger partial charge in [0.2, 0.25) is 0 Å². The van der Waals surface area contributed by atoms with Gasteiger partial charge in [-0.05, 0) is 24.6 Å². The highest BCUT2D eigenvalue weighted by Gasteiger charge is 2.15. The van der Waals surface area contributed by atoms with Crippen LogP contribution in [0.1, 0.15) is 22.8 Å². The smallest absolute Gasteiger partial charge is 0.181 e. The number of rotatable bonds is 3. The highest BCUT2D eigenvalue weighted by atomic mass is 35.5. The molecule has 0 heterocycles. The van der Waals surface area contributed by atoms with Crippen molar-refractivity contribution < 1.29 is 4.79 Å². The second-order valence-corrected chi connectivity index (χ2v) is 4.26. The quantitative estimate of drug-likeness (QED) is 0.588. The van der Waals surface area contributed by atoms with Crippen LogP contribution in [0.5, 0.6) is 0 Å². The standard InChI is InChI=1S/C10H9Cl3O/c1-6(12)10(14)8-3-2-7(5-11)4-9(8)13/h2-4,6H,5H2,1H3. The Morgan fingerprint density at radius 2 is 2.14 bits per heavy atom. The van der Waals surface area contributed by atoms with Crippen molar-refractivity contribution in [2.45, 2.75) is 18.2 Å². The molecule has 0 N–H and O–H groups in total. The molecule has 1 aromatic carbocycles. The molecular formula is C10H9Cl3O. The predicted molar refractivity (Wildman–Crippen MR) is 60.7 cm³/mol. The van der Waals surface area contributed by atoms with Gasteiger partial charge >= 0.3 is 0 Å². The minimum Gasteiger partial charge on any atom is -0.292 e. The highest BCUT2D eigenvalue weighted by molar-refractivity contribution is 6.38. The minimum atomic E-state index is -0.561. The van der Waals surface area contributed by atoms with Crippen molar-refractivity contribution in [1.82, 2.24) is 0 Å². The molecule has 0 saturated carbocycles. The lowest BCUT2D eigenvalue weighted by atomic mass is 10.1. The summed E-state index contributed by atoms with van der Waals surface area (Å²) in [6, 6.07) is 5.10. The molecule has 0 spiro atoms. The van der Waals surface area contributed by atoms with Crippen molar-refractivity contribution >= 4 is 40.6 Å². The van der Waals surface area contributed by atoms with Gasteiger partial charge in [-0.2, -0.15) is 0 Å². The first-order chi connectivity index (χ1) is 6.56. The fourth-order valence-corrected chi connectivity index (χ4v) is 1.64. The summed E-state index contributed by atoms with van der Waals surface area (Å²) in [7, 11) is 0. The van der Waals surface area contributed by atoms with Crippen LogP contribution in [-0.4, -0.2) is 11.2 Å². The normalized spacial score (nSPS) is 12.6. The van der Waals surface area contributed by atoms with E-state index in [4.69, 9.17) is 34.8 Å². The Kier molecular flexibility index (Phi) is 4.24. The first-order valence-corrected chi connectivity index (χ1v) is 5.44. The second-order valence-electron chi connectivity index (χ2n) is 2.93. The van der Waals surface area contributed by atoms with Crippen molar-refractivity contribution in [1.29, 1.82) is 0 Å². The topological polar surface area (TPSA) is 17.1 Å². The molecular weight excluding hydrogens is 242 g/mol. The molecule has 0 aromatic heterocycles. The third-order valence-corrected chi connectivity index (χ3v) is 2.63. The van der Waals surface area contributed by atoms with Crippen LogP contribution in [0, 0.1) is 0 Å². The summed E-state index contributed by atoms with van der Waals surface area (Å²) in [4.78, 5) is 11.5. The Morgan fingerprint density at radius 3 is 2.57 bits per heavy atom.